The van der Waals surface area contributed by atoms with Crippen LogP contribution in [0, 0.1) is 19.8 Å². The topological polar surface area (TPSA) is 88.0 Å². The molecule has 37 heavy (non-hydrogen) atoms. The van der Waals surface area contributed by atoms with E-state index in [0.717, 1.165) is 65.5 Å². The van der Waals surface area contributed by atoms with Gasteiger partial charge in [-0.2, -0.15) is 5.10 Å². The number of nitrogens with one attached hydrogen (secondary N) is 1. The van der Waals surface area contributed by atoms with Gasteiger partial charge < -0.3 is 19.5 Å². The average molecular weight is 501 g/mol. The Morgan fingerprint density at radius 3 is 2.76 bits per heavy atom. The van der Waals surface area contributed by atoms with E-state index in [1.165, 1.54) is 18.5 Å². The Morgan fingerprint density at radius 2 is 1.95 bits per heavy atom. The van der Waals surface area contributed by atoms with Crippen LogP contribution in [-0.2, 0) is 11.3 Å². The molecule has 0 saturated carbocycles. The number of anilines is 1. The zero-order valence-electron chi connectivity index (χ0n) is 22.2. The van der Waals surface area contributed by atoms with E-state index in [9.17, 15) is 0 Å². The number of H-pyrrole nitrogens is 1. The summed E-state index contributed by atoms with van der Waals surface area (Å²) in [4.78, 5) is 22.7. The molecule has 2 fully saturated rings. The Bertz CT molecular complexity index is 1400. The summed E-state index contributed by atoms with van der Waals surface area (Å²) in [6.07, 6.45) is 6.17. The summed E-state index contributed by atoms with van der Waals surface area (Å²) >= 11 is 0. The summed E-state index contributed by atoms with van der Waals surface area (Å²) in [7, 11) is 2.21. The molecule has 9 nitrogen and oxygen atoms in total. The molecule has 0 aromatic carbocycles. The quantitative estimate of drug-likeness (QED) is 0.442. The number of piperidine rings is 1. The summed E-state index contributed by atoms with van der Waals surface area (Å²) in [5.74, 6) is 2.30. The molecule has 0 unspecified atom stereocenters. The van der Waals surface area contributed by atoms with E-state index < -0.39 is 0 Å². The summed E-state index contributed by atoms with van der Waals surface area (Å²) in [5.41, 5.74) is 6.03. The predicted octanol–water partition coefficient (Wildman–Crippen LogP) is 4.07. The number of ether oxygens (including phenoxy) is 1. The van der Waals surface area contributed by atoms with Gasteiger partial charge in [0.25, 0.3) is 0 Å². The second-order valence-corrected chi connectivity index (χ2v) is 10.6. The van der Waals surface area contributed by atoms with E-state index in [1.807, 2.05) is 24.5 Å². The maximum Gasteiger partial charge on any atom is 0.162 e. The summed E-state index contributed by atoms with van der Waals surface area (Å²) in [6.45, 7) is 11.9. The van der Waals surface area contributed by atoms with Crippen LogP contribution < -0.4 is 4.90 Å². The van der Waals surface area contributed by atoms with Crippen molar-refractivity contribution in [2.45, 2.75) is 46.2 Å². The van der Waals surface area contributed by atoms with E-state index in [2.05, 4.69) is 58.3 Å². The number of nitrogens with zero attached hydrogens (tertiary/aromatic N) is 7. The minimum atomic E-state index is 0.239. The maximum atomic E-state index is 5.72. The van der Waals surface area contributed by atoms with Gasteiger partial charge >= 0.3 is 0 Å². The molecule has 2 aliphatic heterocycles. The molecular formula is C28H36N8O. The lowest BCUT2D eigenvalue weighted by Crippen LogP contribution is -2.44. The Morgan fingerprint density at radius 1 is 1.11 bits per heavy atom. The van der Waals surface area contributed by atoms with Gasteiger partial charge in [-0.25, -0.2) is 15.0 Å². The number of hydrogen-bond acceptors (Lipinski definition) is 7. The molecule has 0 radical (unpaired) electrons. The number of pyridine rings is 1. The van der Waals surface area contributed by atoms with Crippen molar-refractivity contribution in [2.24, 2.45) is 5.92 Å². The van der Waals surface area contributed by atoms with E-state index >= 15 is 0 Å². The minimum absolute atomic E-state index is 0.239. The molecule has 0 amide bonds. The fourth-order valence-electron chi connectivity index (χ4n) is 5.79. The molecule has 0 bridgehead atoms. The predicted molar refractivity (Wildman–Crippen MR) is 146 cm³/mol. The molecule has 0 aliphatic carbocycles. The number of likely N-dealkylation sites (tertiary alicyclic amines) is 1. The molecule has 6 heterocycles. The second kappa shape index (κ2) is 9.87. The fraction of sp³-hybridized carbons (Fsp3) is 0.500. The van der Waals surface area contributed by atoms with Crippen molar-refractivity contribution in [2.75, 3.05) is 44.8 Å². The lowest BCUT2D eigenvalue weighted by Gasteiger charge is -2.34. The lowest BCUT2D eigenvalue weighted by atomic mass is 9.97. The standard InChI is InChI=1S/C28H36N8O/c1-18-17-37-14-13-35(18)25-15-24(31-28(32-25)23-6-10-30-27-22(23)5-9-29-27)26-19(2)33-36(20(26)3)16-21-7-11-34(4)12-8-21/h5-6,9-10,15,18,21H,7-8,11-14,16-17H2,1-4H3,(H,29,30)/t18-/m1/s1. The fourth-order valence-corrected chi connectivity index (χ4v) is 5.79. The van der Waals surface area contributed by atoms with Gasteiger partial charge in [0.15, 0.2) is 5.82 Å². The largest absolute Gasteiger partial charge is 0.377 e. The van der Waals surface area contributed by atoms with Gasteiger partial charge in [-0.1, -0.05) is 0 Å². The van der Waals surface area contributed by atoms with Gasteiger partial charge in [-0.3, -0.25) is 4.68 Å². The highest BCUT2D eigenvalue weighted by molar-refractivity contribution is 5.91. The molecule has 0 spiro atoms. The highest BCUT2D eigenvalue weighted by Gasteiger charge is 2.25. The Kier molecular flexibility index (Phi) is 6.42. The SMILES string of the molecule is Cc1nn(CC2CCN(C)CC2)c(C)c1-c1cc(N2CCOC[C@H]2C)nc(-c2ccnc3[nH]ccc23)n1. The van der Waals surface area contributed by atoms with E-state index in [4.69, 9.17) is 19.8 Å². The summed E-state index contributed by atoms with van der Waals surface area (Å²) < 4.78 is 7.92. The van der Waals surface area contributed by atoms with Crippen LogP contribution in [0.2, 0.25) is 0 Å². The van der Waals surface area contributed by atoms with Crippen LogP contribution in [0.15, 0.2) is 30.6 Å². The molecule has 4 aromatic rings. The zero-order chi connectivity index (χ0) is 25.5. The molecule has 2 aliphatic rings. The van der Waals surface area contributed by atoms with Crippen molar-refractivity contribution < 1.29 is 4.74 Å². The molecule has 4 aromatic heterocycles. The van der Waals surface area contributed by atoms with E-state index in [0.29, 0.717) is 25.0 Å². The highest BCUT2D eigenvalue weighted by atomic mass is 16.5. The molecular weight excluding hydrogens is 464 g/mol. The van der Waals surface area contributed by atoms with Gasteiger partial charge in [-0.15, -0.1) is 0 Å². The summed E-state index contributed by atoms with van der Waals surface area (Å²) in [6, 6.07) is 6.42. The number of rotatable bonds is 5. The molecule has 6 rings (SSSR count). The highest BCUT2D eigenvalue weighted by Crippen LogP contribution is 2.33. The van der Waals surface area contributed by atoms with Gasteiger partial charge in [0.1, 0.15) is 11.5 Å². The van der Waals surface area contributed by atoms with E-state index in [1.54, 1.807) is 0 Å². The Balaban J connectivity index is 1.44. The smallest absolute Gasteiger partial charge is 0.162 e. The first-order valence-electron chi connectivity index (χ1n) is 13.4. The van der Waals surface area contributed by atoms with Crippen LogP contribution in [-0.4, -0.2) is 80.6 Å². The van der Waals surface area contributed by atoms with Crippen LogP contribution >= 0.6 is 0 Å². The maximum absolute atomic E-state index is 5.72. The number of aromatic amines is 1. The third-order valence-corrected chi connectivity index (χ3v) is 7.98. The normalized spacial score (nSPS) is 19.7. The van der Waals surface area contributed by atoms with Gasteiger partial charge in [-0.05, 0) is 71.8 Å². The van der Waals surface area contributed by atoms with Crippen molar-refractivity contribution in [3.63, 3.8) is 0 Å². The molecule has 1 atom stereocenters. The molecule has 1 N–H and O–H groups in total. The van der Waals surface area contributed by atoms with Crippen molar-refractivity contribution in [3.05, 3.63) is 42.0 Å². The molecule has 2 saturated heterocycles. The lowest BCUT2D eigenvalue weighted by molar-refractivity contribution is 0.0985. The zero-order valence-corrected chi connectivity index (χ0v) is 22.2. The van der Waals surface area contributed by atoms with Crippen LogP contribution in [0.25, 0.3) is 33.7 Å². The van der Waals surface area contributed by atoms with Crippen LogP contribution in [0.4, 0.5) is 5.82 Å². The Labute approximate surface area is 217 Å². The first-order valence-corrected chi connectivity index (χ1v) is 13.4. The molecule has 9 heteroatoms. The number of aromatic nitrogens is 6. The van der Waals surface area contributed by atoms with Crippen LogP contribution in [0.5, 0.6) is 0 Å². The van der Waals surface area contributed by atoms with Crippen molar-refractivity contribution in [3.8, 4) is 22.6 Å². The van der Waals surface area contributed by atoms with Crippen molar-refractivity contribution in [1.29, 1.82) is 0 Å². The number of hydrogen-bond donors (Lipinski definition) is 1. The number of aryl methyl sites for hydroxylation is 1. The van der Waals surface area contributed by atoms with Gasteiger partial charge in [0.2, 0.25) is 0 Å². The monoisotopic (exact) mass is 500 g/mol. The summed E-state index contributed by atoms with van der Waals surface area (Å²) in [5, 5.41) is 6.02. The number of morpholine rings is 1. The van der Waals surface area contributed by atoms with Crippen LogP contribution in [0.1, 0.15) is 31.2 Å². The third kappa shape index (κ3) is 4.62. The molecule has 194 valence electrons. The van der Waals surface area contributed by atoms with Crippen molar-refractivity contribution >= 4 is 16.9 Å². The third-order valence-electron chi connectivity index (χ3n) is 7.98. The van der Waals surface area contributed by atoms with Gasteiger partial charge in [0.05, 0.1) is 30.6 Å². The first-order chi connectivity index (χ1) is 18.0. The van der Waals surface area contributed by atoms with E-state index in [-0.39, 0.29) is 6.04 Å². The number of fused-ring (bicyclic) bond motifs is 1. The van der Waals surface area contributed by atoms with Gasteiger partial charge in [0, 0.05) is 53.8 Å². The second-order valence-electron chi connectivity index (χ2n) is 10.6. The minimum Gasteiger partial charge on any atom is -0.377 e. The van der Waals surface area contributed by atoms with Crippen LogP contribution in [0.3, 0.4) is 0 Å². The average Bonchev–Trinajstić information content (AvgIpc) is 3.49. The van der Waals surface area contributed by atoms with Crippen molar-refractivity contribution in [1.82, 2.24) is 34.6 Å². The first kappa shape index (κ1) is 24.1. The Hall–Kier alpha value is -3.30.